The third kappa shape index (κ3) is 4.84. The highest BCUT2D eigenvalue weighted by molar-refractivity contribution is 5.85. The fourth-order valence-electron chi connectivity index (χ4n) is 2.67. The first-order valence-electron chi connectivity index (χ1n) is 7.73. The van der Waals surface area contributed by atoms with Crippen molar-refractivity contribution in [1.29, 1.82) is 0 Å². The number of aliphatic carboxylic acids is 1. The molecule has 0 bridgehead atoms. The van der Waals surface area contributed by atoms with Gasteiger partial charge in [0.15, 0.2) is 0 Å². The van der Waals surface area contributed by atoms with Crippen molar-refractivity contribution in [3.63, 3.8) is 0 Å². The number of hydrogen-bond acceptors (Lipinski definition) is 4. The van der Waals surface area contributed by atoms with Gasteiger partial charge in [-0.1, -0.05) is 0 Å². The van der Waals surface area contributed by atoms with E-state index in [9.17, 15) is 14.4 Å². The molecule has 1 aliphatic heterocycles. The number of furan rings is 1. The third-order valence-electron chi connectivity index (χ3n) is 4.13. The molecule has 7 nitrogen and oxygen atoms in total. The van der Waals surface area contributed by atoms with Crippen LogP contribution in [0, 0.1) is 5.92 Å². The molecule has 1 unspecified atom stereocenters. The van der Waals surface area contributed by atoms with Crippen LogP contribution in [0.3, 0.4) is 0 Å². The molecule has 1 aromatic rings. The number of likely N-dealkylation sites (N-methyl/N-ethyl adjacent to an activating group) is 1. The average molecular weight is 322 g/mol. The smallest absolute Gasteiger partial charge is 0.308 e. The molecule has 1 aliphatic rings. The van der Waals surface area contributed by atoms with Gasteiger partial charge in [-0.3, -0.25) is 14.4 Å². The molecule has 2 heterocycles. The number of carboxylic acids is 1. The van der Waals surface area contributed by atoms with Crippen LogP contribution in [0.1, 0.15) is 24.8 Å². The zero-order chi connectivity index (χ0) is 16.8. The summed E-state index contributed by atoms with van der Waals surface area (Å²) in [4.78, 5) is 38.3. The lowest BCUT2D eigenvalue weighted by Crippen LogP contribution is -2.46. The molecule has 1 saturated heterocycles. The minimum Gasteiger partial charge on any atom is -0.481 e. The van der Waals surface area contributed by atoms with Crippen molar-refractivity contribution in [2.45, 2.75) is 25.7 Å². The lowest BCUT2D eigenvalue weighted by Gasteiger charge is -2.32. The predicted molar refractivity (Wildman–Crippen MR) is 81.6 cm³/mol. The Labute approximate surface area is 134 Å². The van der Waals surface area contributed by atoms with Gasteiger partial charge in [0.1, 0.15) is 0 Å². The van der Waals surface area contributed by atoms with Gasteiger partial charge < -0.3 is 19.3 Å². The SMILES string of the molecule is CN(CC(=O)N1CCCC(C(=O)O)C1)C(=O)CCc1ccoc1. The van der Waals surface area contributed by atoms with Crippen molar-refractivity contribution in [3.8, 4) is 0 Å². The number of carboxylic acid groups (broad SMARTS) is 1. The first kappa shape index (κ1) is 17.1. The Morgan fingerprint density at radius 2 is 2.22 bits per heavy atom. The molecule has 23 heavy (non-hydrogen) atoms. The summed E-state index contributed by atoms with van der Waals surface area (Å²) in [5, 5.41) is 9.06. The van der Waals surface area contributed by atoms with Crippen LogP contribution < -0.4 is 0 Å². The third-order valence-corrected chi connectivity index (χ3v) is 4.13. The summed E-state index contributed by atoms with van der Waals surface area (Å²) in [7, 11) is 1.59. The average Bonchev–Trinajstić information content (AvgIpc) is 3.06. The summed E-state index contributed by atoms with van der Waals surface area (Å²) in [6.07, 6.45) is 5.31. The Morgan fingerprint density at radius 1 is 1.43 bits per heavy atom. The van der Waals surface area contributed by atoms with Crippen molar-refractivity contribution < 1.29 is 23.9 Å². The number of nitrogens with zero attached hydrogens (tertiary/aromatic N) is 2. The molecule has 0 aromatic carbocycles. The summed E-state index contributed by atoms with van der Waals surface area (Å²) in [6, 6.07) is 1.80. The van der Waals surface area contributed by atoms with Crippen molar-refractivity contribution in [2.75, 3.05) is 26.7 Å². The number of carbonyl (C=O) groups excluding carboxylic acids is 2. The summed E-state index contributed by atoms with van der Waals surface area (Å²) >= 11 is 0. The number of rotatable bonds is 6. The lowest BCUT2D eigenvalue weighted by atomic mass is 9.98. The number of piperidine rings is 1. The number of likely N-dealkylation sites (tertiary alicyclic amines) is 1. The Kier molecular flexibility index (Phi) is 5.78. The number of carbonyl (C=O) groups is 3. The van der Waals surface area contributed by atoms with Gasteiger partial charge in [0.2, 0.25) is 11.8 Å². The Hall–Kier alpha value is -2.31. The molecule has 0 spiro atoms. The summed E-state index contributed by atoms with van der Waals surface area (Å²) in [5.41, 5.74) is 0.943. The van der Waals surface area contributed by atoms with Gasteiger partial charge in [0.25, 0.3) is 0 Å². The minimum atomic E-state index is -0.868. The molecule has 1 fully saturated rings. The van der Waals surface area contributed by atoms with Crippen LogP contribution in [0.2, 0.25) is 0 Å². The first-order valence-corrected chi connectivity index (χ1v) is 7.73. The van der Waals surface area contributed by atoms with Gasteiger partial charge >= 0.3 is 5.97 Å². The zero-order valence-corrected chi connectivity index (χ0v) is 13.2. The van der Waals surface area contributed by atoms with E-state index in [2.05, 4.69) is 0 Å². The molecular formula is C16H22N2O5. The Bertz CT molecular complexity index is 555. The summed E-state index contributed by atoms with van der Waals surface area (Å²) < 4.78 is 4.95. The molecular weight excluding hydrogens is 300 g/mol. The van der Waals surface area contributed by atoms with Crippen molar-refractivity contribution >= 4 is 17.8 Å². The van der Waals surface area contributed by atoms with Crippen LogP contribution >= 0.6 is 0 Å². The second-order valence-corrected chi connectivity index (χ2v) is 5.90. The molecule has 0 saturated carbocycles. The fraction of sp³-hybridized carbons (Fsp3) is 0.562. The molecule has 1 aromatic heterocycles. The maximum absolute atomic E-state index is 12.2. The van der Waals surface area contributed by atoms with Crippen LogP contribution in [0.5, 0.6) is 0 Å². The van der Waals surface area contributed by atoms with E-state index in [1.807, 2.05) is 0 Å². The molecule has 1 atom stereocenters. The minimum absolute atomic E-state index is 0.0173. The number of hydrogen-bond donors (Lipinski definition) is 1. The van der Waals surface area contributed by atoms with Gasteiger partial charge in [0, 0.05) is 26.6 Å². The molecule has 1 N–H and O–H groups in total. The Balaban J connectivity index is 1.79. The highest BCUT2D eigenvalue weighted by atomic mass is 16.4. The van der Waals surface area contributed by atoms with E-state index in [-0.39, 0.29) is 24.9 Å². The monoisotopic (exact) mass is 322 g/mol. The second-order valence-electron chi connectivity index (χ2n) is 5.90. The maximum atomic E-state index is 12.2. The van der Waals surface area contributed by atoms with Gasteiger partial charge in [0.05, 0.1) is 25.0 Å². The predicted octanol–water partition coefficient (Wildman–Crippen LogP) is 0.994. The van der Waals surface area contributed by atoms with Gasteiger partial charge in [-0.15, -0.1) is 0 Å². The van der Waals surface area contributed by atoms with E-state index < -0.39 is 11.9 Å². The quantitative estimate of drug-likeness (QED) is 0.843. The van der Waals surface area contributed by atoms with Crippen LogP contribution in [-0.4, -0.2) is 59.4 Å². The normalized spacial score (nSPS) is 17.8. The van der Waals surface area contributed by atoms with Gasteiger partial charge in [-0.25, -0.2) is 0 Å². The van der Waals surface area contributed by atoms with Gasteiger partial charge in [-0.05, 0) is 30.9 Å². The van der Waals surface area contributed by atoms with Crippen molar-refractivity contribution in [1.82, 2.24) is 9.80 Å². The molecule has 2 rings (SSSR count). The summed E-state index contributed by atoms with van der Waals surface area (Å²) in [6.45, 7) is 0.765. The van der Waals surface area contributed by atoms with Crippen LogP contribution in [-0.2, 0) is 20.8 Å². The van der Waals surface area contributed by atoms with E-state index in [0.29, 0.717) is 32.2 Å². The van der Waals surface area contributed by atoms with Crippen molar-refractivity contribution in [2.24, 2.45) is 5.92 Å². The summed E-state index contributed by atoms with van der Waals surface area (Å²) in [5.74, 6) is -1.69. The second kappa shape index (κ2) is 7.80. The lowest BCUT2D eigenvalue weighted by molar-refractivity contribution is -0.147. The highest BCUT2D eigenvalue weighted by Gasteiger charge is 2.28. The number of amides is 2. The van der Waals surface area contributed by atoms with Crippen LogP contribution in [0.15, 0.2) is 23.0 Å². The molecule has 0 radical (unpaired) electrons. The first-order chi connectivity index (χ1) is 11.0. The topological polar surface area (TPSA) is 91.1 Å². The van der Waals surface area contributed by atoms with E-state index >= 15 is 0 Å². The highest BCUT2D eigenvalue weighted by Crippen LogP contribution is 2.17. The van der Waals surface area contributed by atoms with Crippen LogP contribution in [0.25, 0.3) is 0 Å². The molecule has 126 valence electrons. The molecule has 2 amide bonds. The van der Waals surface area contributed by atoms with E-state index in [4.69, 9.17) is 9.52 Å². The van der Waals surface area contributed by atoms with E-state index in [0.717, 1.165) is 5.56 Å². The maximum Gasteiger partial charge on any atom is 0.308 e. The fourth-order valence-corrected chi connectivity index (χ4v) is 2.67. The van der Waals surface area contributed by atoms with E-state index in [1.54, 1.807) is 30.5 Å². The van der Waals surface area contributed by atoms with E-state index in [1.165, 1.54) is 4.90 Å². The van der Waals surface area contributed by atoms with Crippen LogP contribution in [0.4, 0.5) is 0 Å². The molecule has 0 aliphatic carbocycles. The molecule has 7 heteroatoms. The standard InChI is InChI=1S/C16H22N2O5/c1-17(14(19)5-4-12-6-8-23-11-12)10-15(20)18-7-2-3-13(9-18)16(21)22/h6,8,11,13H,2-5,7,9-10H2,1H3,(H,21,22). The number of aryl methyl sites for hydroxylation is 1. The zero-order valence-electron chi connectivity index (χ0n) is 13.2. The van der Waals surface area contributed by atoms with Gasteiger partial charge in [-0.2, -0.15) is 0 Å². The van der Waals surface area contributed by atoms with Crippen molar-refractivity contribution in [3.05, 3.63) is 24.2 Å². The largest absolute Gasteiger partial charge is 0.481 e. The Morgan fingerprint density at radius 3 is 2.87 bits per heavy atom.